The van der Waals surface area contributed by atoms with Gasteiger partial charge in [0.1, 0.15) is 11.9 Å². The number of aliphatic carboxylic acids is 1. The number of hydrogen-bond donors (Lipinski definition) is 1. The normalized spacial score (nSPS) is 23.6. The van der Waals surface area contributed by atoms with Crippen LogP contribution in [0.5, 0.6) is 0 Å². The van der Waals surface area contributed by atoms with Gasteiger partial charge in [0.25, 0.3) is 0 Å². The lowest BCUT2D eigenvalue weighted by atomic mass is 9.74. The zero-order chi connectivity index (χ0) is 22.7. The summed E-state index contributed by atoms with van der Waals surface area (Å²) in [5.41, 5.74) is 2.70. The predicted octanol–water partition coefficient (Wildman–Crippen LogP) is 3.77. The lowest BCUT2D eigenvalue weighted by Crippen LogP contribution is -2.49. The molecular formula is C24H29FN4O3. The molecule has 1 saturated heterocycles. The summed E-state index contributed by atoms with van der Waals surface area (Å²) in [7, 11) is 0. The molecule has 1 N–H and O–H groups in total. The number of piperidine rings is 1. The monoisotopic (exact) mass is 440 g/mol. The fourth-order valence-electron chi connectivity index (χ4n) is 4.76. The van der Waals surface area contributed by atoms with Gasteiger partial charge in [0.15, 0.2) is 0 Å². The summed E-state index contributed by atoms with van der Waals surface area (Å²) in [6, 6.07) is 6.12. The maximum Gasteiger partial charge on any atom is 0.311 e. The molecule has 0 radical (unpaired) electrons. The van der Waals surface area contributed by atoms with Crippen LogP contribution >= 0.6 is 0 Å². The van der Waals surface area contributed by atoms with Gasteiger partial charge in [-0.05, 0) is 44.0 Å². The zero-order valence-electron chi connectivity index (χ0n) is 18.3. The van der Waals surface area contributed by atoms with Crippen LogP contribution in [0.15, 0.2) is 48.3 Å². The average molecular weight is 441 g/mol. The van der Waals surface area contributed by atoms with Crippen molar-refractivity contribution in [3.63, 3.8) is 0 Å². The topological polar surface area (TPSA) is 80.0 Å². The highest BCUT2D eigenvalue weighted by Gasteiger charge is 2.45. The fraction of sp³-hybridized carbons (Fsp3) is 0.458. The standard InChI is InChI=1S/C24H29FN4O3/c1-3-10-29-15-19(17(2)26-29)14-28-11-4-9-24(16-28,23(30)31)13-21-12-22(27-32-21)18-5-7-20(25)8-6-18/h3,5-8,15,21H,1,4,9-14,16H2,2H3,(H,30,31)/t21-,24-/m1/s1. The Kier molecular flexibility index (Phi) is 6.41. The molecule has 0 saturated carbocycles. The minimum Gasteiger partial charge on any atom is -0.481 e. The Morgan fingerprint density at radius 3 is 2.91 bits per heavy atom. The summed E-state index contributed by atoms with van der Waals surface area (Å²) in [4.78, 5) is 20.2. The van der Waals surface area contributed by atoms with Crippen LogP contribution in [0.4, 0.5) is 4.39 Å². The molecule has 0 bridgehead atoms. The number of rotatable bonds is 8. The van der Waals surface area contributed by atoms with Crippen LogP contribution in [0.2, 0.25) is 0 Å². The first-order chi connectivity index (χ1) is 15.4. The minimum atomic E-state index is -0.887. The number of nitrogens with zero attached hydrogens (tertiary/aromatic N) is 4. The number of aryl methyl sites for hydroxylation is 1. The van der Waals surface area contributed by atoms with E-state index in [1.54, 1.807) is 18.2 Å². The molecule has 2 atom stereocenters. The van der Waals surface area contributed by atoms with E-state index in [0.717, 1.165) is 35.5 Å². The number of allylic oxidation sites excluding steroid dienone is 1. The number of halogens is 1. The molecule has 2 aromatic rings. The highest BCUT2D eigenvalue weighted by Crippen LogP contribution is 2.38. The summed E-state index contributed by atoms with van der Waals surface area (Å²) in [5, 5.41) is 18.9. The van der Waals surface area contributed by atoms with Crippen molar-refractivity contribution in [2.24, 2.45) is 10.6 Å². The van der Waals surface area contributed by atoms with Gasteiger partial charge in [0.05, 0.1) is 23.4 Å². The van der Waals surface area contributed by atoms with E-state index in [4.69, 9.17) is 4.84 Å². The molecule has 0 spiro atoms. The van der Waals surface area contributed by atoms with Gasteiger partial charge in [-0.1, -0.05) is 23.4 Å². The molecule has 2 aliphatic rings. The summed E-state index contributed by atoms with van der Waals surface area (Å²) < 4.78 is 15.1. The van der Waals surface area contributed by atoms with Crippen LogP contribution in [0.1, 0.15) is 42.5 Å². The van der Waals surface area contributed by atoms with E-state index >= 15 is 0 Å². The van der Waals surface area contributed by atoms with Crippen molar-refractivity contribution >= 4 is 11.7 Å². The number of likely N-dealkylation sites (tertiary alicyclic amines) is 1. The molecule has 0 amide bonds. The predicted molar refractivity (Wildman–Crippen MR) is 119 cm³/mol. The van der Waals surface area contributed by atoms with E-state index in [1.165, 1.54) is 12.1 Å². The van der Waals surface area contributed by atoms with Gasteiger partial charge >= 0.3 is 5.97 Å². The highest BCUT2D eigenvalue weighted by atomic mass is 19.1. The molecule has 0 aliphatic carbocycles. The number of aromatic nitrogens is 2. The van der Waals surface area contributed by atoms with Crippen LogP contribution in [-0.2, 0) is 22.7 Å². The molecule has 3 heterocycles. The van der Waals surface area contributed by atoms with E-state index in [1.807, 2.05) is 17.8 Å². The third kappa shape index (κ3) is 4.75. The first-order valence-electron chi connectivity index (χ1n) is 11.0. The average Bonchev–Trinajstić information content (AvgIpc) is 3.35. The number of benzene rings is 1. The van der Waals surface area contributed by atoms with E-state index in [0.29, 0.717) is 38.9 Å². The van der Waals surface area contributed by atoms with Crippen LogP contribution in [0, 0.1) is 18.2 Å². The lowest BCUT2D eigenvalue weighted by Gasteiger charge is -2.40. The minimum absolute atomic E-state index is 0.303. The molecule has 32 heavy (non-hydrogen) atoms. The van der Waals surface area contributed by atoms with E-state index < -0.39 is 11.4 Å². The Bertz CT molecular complexity index is 1020. The SMILES string of the molecule is C=CCn1cc(CN2CCC[C@](C[C@H]3CC(c4ccc(F)cc4)=NO3)(C(=O)O)C2)c(C)n1. The van der Waals surface area contributed by atoms with Crippen molar-refractivity contribution in [1.82, 2.24) is 14.7 Å². The number of hydrogen-bond acceptors (Lipinski definition) is 5. The van der Waals surface area contributed by atoms with Crippen molar-refractivity contribution in [3.8, 4) is 0 Å². The lowest BCUT2D eigenvalue weighted by molar-refractivity contribution is -0.156. The Labute approximate surface area is 187 Å². The molecule has 2 aliphatic heterocycles. The number of carboxylic acid groups (broad SMARTS) is 1. The van der Waals surface area contributed by atoms with Gasteiger partial charge in [0, 0.05) is 37.7 Å². The first kappa shape index (κ1) is 22.2. The largest absolute Gasteiger partial charge is 0.481 e. The van der Waals surface area contributed by atoms with E-state index in [9.17, 15) is 14.3 Å². The Hall–Kier alpha value is -3.00. The van der Waals surface area contributed by atoms with Crippen molar-refractivity contribution in [1.29, 1.82) is 0 Å². The van der Waals surface area contributed by atoms with Crippen LogP contribution in [0.3, 0.4) is 0 Å². The maximum atomic E-state index is 13.2. The molecular weight excluding hydrogens is 411 g/mol. The Morgan fingerprint density at radius 1 is 1.41 bits per heavy atom. The number of carbonyl (C=O) groups is 1. The van der Waals surface area contributed by atoms with Crippen molar-refractivity contribution < 1.29 is 19.1 Å². The second kappa shape index (κ2) is 9.24. The third-order valence-corrected chi connectivity index (χ3v) is 6.40. The second-order valence-corrected chi connectivity index (χ2v) is 8.83. The summed E-state index contributed by atoms with van der Waals surface area (Å²) in [6.07, 6.45) is 5.84. The van der Waals surface area contributed by atoms with Gasteiger partial charge < -0.3 is 9.94 Å². The van der Waals surface area contributed by atoms with Gasteiger partial charge in [0.2, 0.25) is 0 Å². The molecule has 170 valence electrons. The third-order valence-electron chi connectivity index (χ3n) is 6.40. The molecule has 8 heteroatoms. The summed E-state index contributed by atoms with van der Waals surface area (Å²) in [5.74, 6) is -1.10. The Morgan fingerprint density at radius 2 is 2.19 bits per heavy atom. The fourth-order valence-corrected chi connectivity index (χ4v) is 4.76. The number of carboxylic acids is 1. The first-order valence-corrected chi connectivity index (χ1v) is 11.0. The van der Waals surface area contributed by atoms with E-state index in [-0.39, 0.29) is 11.9 Å². The second-order valence-electron chi connectivity index (χ2n) is 8.83. The summed E-state index contributed by atoms with van der Waals surface area (Å²) >= 11 is 0. The molecule has 1 fully saturated rings. The molecule has 4 rings (SSSR count). The van der Waals surface area contributed by atoms with Crippen LogP contribution in [-0.4, -0.2) is 50.7 Å². The molecule has 7 nitrogen and oxygen atoms in total. The van der Waals surface area contributed by atoms with Crippen LogP contribution in [0.25, 0.3) is 0 Å². The summed E-state index contributed by atoms with van der Waals surface area (Å²) in [6.45, 7) is 8.35. The van der Waals surface area contributed by atoms with Crippen molar-refractivity contribution in [2.45, 2.75) is 51.8 Å². The maximum absolute atomic E-state index is 13.2. The van der Waals surface area contributed by atoms with E-state index in [2.05, 4.69) is 21.7 Å². The molecule has 1 aromatic carbocycles. The van der Waals surface area contributed by atoms with Crippen LogP contribution < -0.4 is 0 Å². The smallest absolute Gasteiger partial charge is 0.311 e. The quantitative estimate of drug-likeness (QED) is 0.632. The van der Waals surface area contributed by atoms with Gasteiger partial charge in [-0.15, -0.1) is 6.58 Å². The van der Waals surface area contributed by atoms with Crippen molar-refractivity contribution in [3.05, 3.63) is 65.8 Å². The van der Waals surface area contributed by atoms with Gasteiger partial charge in [-0.25, -0.2) is 4.39 Å². The number of oxime groups is 1. The van der Waals surface area contributed by atoms with Crippen molar-refractivity contribution in [2.75, 3.05) is 13.1 Å². The molecule has 1 aromatic heterocycles. The highest BCUT2D eigenvalue weighted by molar-refractivity contribution is 6.01. The van der Waals surface area contributed by atoms with Gasteiger partial charge in [-0.3, -0.25) is 14.4 Å². The Balaban J connectivity index is 1.42. The zero-order valence-corrected chi connectivity index (χ0v) is 18.3. The van der Waals surface area contributed by atoms with Gasteiger partial charge in [-0.2, -0.15) is 5.10 Å². The molecule has 0 unspecified atom stereocenters.